The zero-order chi connectivity index (χ0) is 24.5. The molecule has 1 amide bonds. The maximum Gasteiger partial charge on any atom is 0.251 e. The second-order valence-electron chi connectivity index (χ2n) is 8.39. The topological polar surface area (TPSA) is 144 Å². The van der Waals surface area contributed by atoms with Crippen molar-refractivity contribution in [3.63, 3.8) is 0 Å². The first-order valence-electron chi connectivity index (χ1n) is 11.2. The first-order valence-corrected chi connectivity index (χ1v) is 11.2. The second-order valence-corrected chi connectivity index (χ2v) is 8.39. The predicted octanol–water partition coefficient (Wildman–Crippen LogP) is 0.0599. The Morgan fingerprint density at radius 2 is 2.11 bits per heavy atom. The number of aromatic nitrogens is 4. The number of rotatable bonds is 7. The van der Waals surface area contributed by atoms with Gasteiger partial charge in [-0.15, -0.1) is 5.10 Å². The number of benzene rings is 2. The zero-order valence-corrected chi connectivity index (χ0v) is 19.3. The Balaban J connectivity index is 1.48. The molecule has 0 radical (unpaired) electrons. The average Bonchev–Trinajstić information content (AvgIpc) is 3.55. The van der Waals surface area contributed by atoms with Gasteiger partial charge in [0, 0.05) is 24.2 Å². The lowest BCUT2D eigenvalue weighted by Crippen LogP contribution is -2.35. The number of methoxy groups -OCH3 is 1. The van der Waals surface area contributed by atoms with Crippen molar-refractivity contribution in [3.05, 3.63) is 52.8 Å². The van der Waals surface area contributed by atoms with Gasteiger partial charge in [-0.25, -0.2) is 0 Å². The van der Waals surface area contributed by atoms with Crippen LogP contribution in [0, 0.1) is 0 Å². The van der Waals surface area contributed by atoms with Crippen LogP contribution in [0.5, 0.6) is 17.2 Å². The summed E-state index contributed by atoms with van der Waals surface area (Å²) >= 11 is 0. The van der Waals surface area contributed by atoms with E-state index < -0.39 is 12.7 Å². The molecule has 0 spiro atoms. The summed E-state index contributed by atoms with van der Waals surface area (Å²) in [4.78, 5) is 14.5. The molecule has 184 valence electrons. The monoisotopic (exact) mass is 482 g/mol. The van der Waals surface area contributed by atoms with E-state index in [9.17, 15) is 9.90 Å². The fourth-order valence-corrected chi connectivity index (χ4v) is 4.44. The van der Waals surface area contributed by atoms with Crippen molar-refractivity contribution in [2.24, 2.45) is 0 Å². The lowest BCUT2D eigenvalue weighted by molar-refractivity contribution is 0.0802. The van der Waals surface area contributed by atoms with Crippen LogP contribution in [0.25, 0.3) is 5.69 Å². The summed E-state index contributed by atoms with van der Waals surface area (Å²) in [5.41, 5.74) is 3.10. The number of tetrazole rings is 1. The number of amides is 1. The van der Waals surface area contributed by atoms with Crippen molar-refractivity contribution in [3.8, 4) is 22.9 Å². The third kappa shape index (κ3) is 4.16. The molecule has 2 aliphatic rings. The smallest absolute Gasteiger partial charge is 0.251 e. The van der Waals surface area contributed by atoms with Gasteiger partial charge in [-0.3, -0.25) is 9.69 Å². The summed E-state index contributed by atoms with van der Waals surface area (Å²) in [6.07, 6.45) is -0.196. The Labute approximate surface area is 201 Å². The highest BCUT2D eigenvalue weighted by Gasteiger charge is 2.37. The first kappa shape index (κ1) is 23.0. The minimum absolute atomic E-state index is 0.0397. The molecule has 0 saturated heterocycles. The number of hydrogen-bond acceptors (Lipinski definition) is 10. The molecule has 0 bridgehead atoms. The molecular formula is C23H26N6O6. The molecule has 12 nitrogen and oxygen atoms in total. The molecule has 12 heteroatoms. The lowest BCUT2D eigenvalue weighted by atomic mass is 9.90. The number of carbonyl (C=O) groups excluding carboxylic acids is 1. The van der Waals surface area contributed by atoms with Gasteiger partial charge in [0.2, 0.25) is 12.5 Å². The number of fused-ring (bicyclic) bond motifs is 2. The van der Waals surface area contributed by atoms with Crippen LogP contribution < -0.4 is 19.5 Å². The molecule has 2 atom stereocenters. The van der Waals surface area contributed by atoms with Crippen molar-refractivity contribution in [1.82, 2.24) is 30.4 Å². The second kappa shape index (κ2) is 9.49. The summed E-state index contributed by atoms with van der Waals surface area (Å²) in [5, 5.41) is 33.4. The van der Waals surface area contributed by atoms with E-state index >= 15 is 0 Å². The molecule has 5 rings (SSSR count). The van der Waals surface area contributed by atoms with Crippen molar-refractivity contribution in [2.75, 3.05) is 40.6 Å². The van der Waals surface area contributed by atoms with E-state index in [0.717, 1.165) is 24.1 Å². The van der Waals surface area contributed by atoms with Gasteiger partial charge < -0.3 is 29.7 Å². The van der Waals surface area contributed by atoms with Gasteiger partial charge in [0.25, 0.3) is 5.91 Å². The number of carbonyl (C=O) groups is 1. The van der Waals surface area contributed by atoms with E-state index in [0.29, 0.717) is 34.3 Å². The maximum atomic E-state index is 12.3. The summed E-state index contributed by atoms with van der Waals surface area (Å²) < 4.78 is 18.7. The molecule has 3 heterocycles. The molecule has 3 N–H and O–H groups in total. The van der Waals surface area contributed by atoms with Crippen molar-refractivity contribution in [1.29, 1.82) is 0 Å². The molecule has 2 aliphatic heterocycles. The van der Waals surface area contributed by atoms with Crippen LogP contribution in [-0.4, -0.2) is 88.0 Å². The number of ether oxygens (including phenoxy) is 3. The molecular weight excluding hydrogens is 456 g/mol. The van der Waals surface area contributed by atoms with E-state index in [4.69, 9.17) is 19.3 Å². The summed E-state index contributed by atoms with van der Waals surface area (Å²) in [6, 6.07) is 8.49. The Bertz CT molecular complexity index is 1230. The highest BCUT2D eigenvalue weighted by atomic mass is 16.7. The summed E-state index contributed by atoms with van der Waals surface area (Å²) in [7, 11) is 3.61. The number of nitrogens with one attached hydrogen (secondary N) is 1. The van der Waals surface area contributed by atoms with Gasteiger partial charge in [0.1, 0.15) is 6.04 Å². The van der Waals surface area contributed by atoms with Crippen LogP contribution in [0.3, 0.4) is 0 Å². The van der Waals surface area contributed by atoms with E-state index in [1.807, 2.05) is 13.1 Å². The minimum Gasteiger partial charge on any atom is -0.492 e. The van der Waals surface area contributed by atoms with E-state index in [2.05, 4.69) is 25.7 Å². The SMILES string of the molecule is COc1c2c(cc3c1C(c1nnnn1-c1ccc(C(=O)NCC(O)CO)cc1)N(C)CC3)OCO2. The Morgan fingerprint density at radius 3 is 2.86 bits per heavy atom. The summed E-state index contributed by atoms with van der Waals surface area (Å²) in [5.74, 6) is 2.09. The molecule has 3 aromatic rings. The normalized spacial score (nSPS) is 17.7. The van der Waals surface area contributed by atoms with Crippen LogP contribution in [0.2, 0.25) is 0 Å². The van der Waals surface area contributed by atoms with Gasteiger partial charge in [-0.2, -0.15) is 4.68 Å². The van der Waals surface area contributed by atoms with Gasteiger partial charge >= 0.3 is 0 Å². The number of likely N-dealkylation sites (N-methyl/N-ethyl adjacent to an activating group) is 1. The minimum atomic E-state index is -1.01. The fourth-order valence-electron chi connectivity index (χ4n) is 4.44. The number of hydrogen-bond donors (Lipinski definition) is 3. The molecule has 2 unspecified atom stereocenters. The number of aliphatic hydroxyl groups excluding tert-OH is 2. The van der Waals surface area contributed by atoms with Crippen molar-refractivity contribution in [2.45, 2.75) is 18.6 Å². The maximum absolute atomic E-state index is 12.3. The van der Waals surface area contributed by atoms with Crippen LogP contribution in [-0.2, 0) is 6.42 Å². The van der Waals surface area contributed by atoms with Gasteiger partial charge in [0.15, 0.2) is 17.3 Å². The Hall–Kier alpha value is -3.74. The Morgan fingerprint density at radius 1 is 1.31 bits per heavy atom. The molecule has 2 aromatic carbocycles. The van der Waals surface area contributed by atoms with Gasteiger partial charge in [-0.1, -0.05) is 0 Å². The highest BCUT2D eigenvalue weighted by Crippen LogP contribution is 2.50. The molecule has 1 aromatic heterocycles. The number of nitrogens with zero attached hydrogens (tertiary/aromatic N) is 5. The van der Waals surface area contributed by atoms with Gasteiger partial charge in [-0.05, 0) is 59.8 Å². The predicted molar refractivity (Wildman–Crippen MR) is 122 cm³/mol. The molecule has 0 aliphatic carbocycles. The molecule has 0 fully saturated rings. The van der Waals surface area contributed by atoms with Gasteiger partial charge in [0.05, 0.1) is 25.5 Å². The largest absolute Gasteiger partial charge is 0.492 e. The third-order valence-electron chi connectivity index (χ3n) is 6.22. The van der Waals surface area contributed by atoms with E-state index in [1.54, 1.807) is 36.1 Å². The van der Waals surface area contributed by atoms with E-state index in [1.165, 1.54) is 0 Å². The van der Waals surface area contributed by atoms with Crippen molar-refractivity contribution < 1.29 is 29.2 Å². The highest BCUT2D eigenvalue weighted by molar-refractivity contribution is 5.94. The van der Waals surface area contributed by atoms with Crippen LogP contribution in [0.15, 0.2) is 30.3 Å². The summed E-state index contributed by atoms with van der Waals surface area (Å²) in [6.45, 7) is 0.465. The first-order chi connectivity index (χ1) is 17.0. The molecule has 0 saturated carbocycles. The number of aliphatic hydroxyl groups is 2. The van der Waals surface area contributed by atoms with E-state index in [-0.39, 0.29) is 25.3 Å². The lowest BCUT2D eigenvalue weighted by Gasteiger charge is -2.34. The Kier molecular flexibility index (Phi) is 6.24. The third-order valence-corrected chi connectivity index (χ3v) is 6.22. The standard InChI is InChI=1S/C23H26N6O6/c1-28-8-7-14-9-17-20(35-12-34-17)21(33-2)18(14)19(28)22-25-26-27-29(22)15-5-3-13(4-6-15)23(32)24-10-16(31)11-30/h3-6,9,16,19,30-31H,7-8,10-12H2,1-2H3,(H,24,32). The zero-order valence-electron chi connectivity index (χ0n) is 19.3. The van der Waals surface area contributed by atoms with Crippen LogP contribution >= 0.6 is 0 Å². The van der Waals surface area contributed by atoms with Crippen LogP contribution in [0.1, 0.15) is 33.4 Å². The average molecular weight is 482 g/mol. The molecule has 35 heavy (non-hydrogen) atoms. The van der Waals surface area contributed by atoms with Crippen LogP contribution in [0.4, 0.5) is 0 Å². The van der Waals surface area contributed by atoms with Crippen molar-refractivity contribution >= 4 is 5.91 Å². The quantitative estimate of drug-likeness (QED) is 0.423. The fraction of sp³-hybridized carbons (Fsp3) is 0.391.